The Morgan fingerprint density at radius 3 is 2.57 bits per heavy atom. The lowest BCUT2D eigenvalue weighted by molar-refractivity contribution is -0.0828. The van der Waals surface area contributed by atoms with Crippen LogP contribution in [0.3, 0.4) is 0 Å². The standard InChI is InChI=1S/C15H19F2NO4S/c16-14(17)23(19,20)13-3-1-11(2-4-13)18-12-5-7-22-15(9-12)6-8-21-10-15/h1-4,12,14,18H,5-10H2/t12-,15+/m0/s1. The quantitative estimate of drug-likeness (QED) is 0.906. The molecular weight excluding hydrogens is 328 g/mol. The zero-order chi connectivity index (χ0) is 16.5. The topological polar surface area (TPSA) is 64.6 Å². The molecule has 128 valence electrons. The third-order valence-electron chi connectivity index (χ3n) is 4.35. The minimum absolute atomic E-state index is 0.183. The Morgan fingerprint density at radius 1 is 1.22 bits per heavy atom. The summed E-state index contributed by atoms with van der Waals surface area (Å²) in [4.78, 5) is -0.370. The van der Waals surface area contributed by atoms with Crippen LogP contribution in [0.25, 0.3) is 0 Å². The van der Waals surface area contributed by atoms with E-state index in [1.807, 2.05) is 0 Å². The summed E-state index contributed by atoms with van der Waals surface area (Å²) in [6.07, 6.45) is 2.51. The van der Waals surface area contributed by atoms with Crippen LogP contribution >= 0.6 is 0 Å². The summed E-state index contributed by atoms with van der Waals surface area (Å²) in [7, 11) is -4.54. The van der Waals surface area contributed by atoms with Crippen LogP contribution in [0, 0.1) is 0 Å². The van der Waals surface area contributed by atoms with Gasteiger partial charge in [-0.05, 0) is 37.1 Å². The van der Waals surface area contributed by atoms with Crippen LogP contribution in [0.15, 0.2) is 29.2 Å². The summed E-state index contributed by atoms with van der Waals surface area (Å²) in [5.41, 5.74) is 0.480. The number of halogens is 2. The van der Waals surface area contributed by atoms with E-state index in [1.165, 1.54) is 24.3 Å². The summed E-state index contributed by atoms with van der Waals surface area (Å²) in [6, 6.07) is 5.63. The van der Waals surface area contributed by atoms with Gasteiger partial charge < -0.3 is 14.8 Å². The molecular formula is C15H19F2NO4S. The van der Waals surface area contributed by atoms with Crippen LogP contribution in [-0.4, -0.2) is 45.6 Å². The molecule has 1 spiro atoms. The predicted molar refractivity (Wildman–Crippen MR) is 80.4 cm³/mol. The second-order valence-corrected chi connectivity index (χ2v) is 7.92. The molecule has 2 aliphatic rings. The van der Waals surface area contributed by atoms with E-state index in [0.717, 1.165) is 19.3 Å². The van der Waals surface area contributed by atoms with Crippen LogP contribution < -0.4 is 5.32 Å². The molecule has 2 aliphatic heterocycles. The van der Waals surface area contributed by atoms with Crippen LogP contribution in [-0.2, 0) is 19.3 Å². The molecule has 1 aromatic carbocycles. The summed E-state index contributed by atoms with van der Waals surface area (Å²) < 4.78 is 59.1. The van der Waals surface area contributed by atoms with Gasteiger partial charge in [0.1, 0.15) is 0 Å². The zero-order valence-electron chi connectivity index (χ0n) is 12.5. The summed E-state index contributed by atoms with van der Waals surface area (Å²) in [5.74, 6) is -3.40. The van der Waals surface area contributed by atoms with Crippen molar-refractivity contribution in [3.63, 3.8) is 0 Å². The number of anilines is 1. The molecule has 2 fully saturated rings. The third-order valence-corrected chi connectivity index (χ3v) is 5.75. The Hall–Kier alpha value is -1.25. The Balaban J connectivity index is 1.66. The molecule has 0 saturated carbocycles. The van der Waals surface area contributed by atoms with Crippen molar-refractivity contribution >= 4 is 15.5 Å². The van der Waals surface area contributed by atoms with E-state index in [9.17, 15) is 17.2 Å². The first kappa shape index (κ1) is 16.6. The minimum Gasteiger partial charge on any atom is -0.382 e. The van der Waals surface area contributed by atoms with Crippen molar-refractivity contribution in [2.45, 2.75) is 41.6 Å². The van der Waals surface area contributed by atoms with Gasteiger partial charge in [-0.3, -0.25) is 0 Å². The van der Waals surface area contributed by atoms with E-state index in [1.54, 1.807) is 0 Å². The molecule has 1 aromatic rings. The maximum atomic E-state index is 12.5. The first-order valence-electron chi connectivity index (χ1n) is 7.52. The third kappa shape index (κ3) is 3.49. The van der Waals surface area contributed by atoms with Crippen molar-refractivity contribution < 1.29 is 26.7 Å². The number of sulfone groups is 1. The first-order chi connectivity index (χ1) is 10.9. The van der Waals surface area contributed by atoms with Crippen LogP contribution in [0.2, 0.25) is 0 Å². The number of alkyl halides is 2. The van der Waals surface area contributed by atoms with Crippen molar-refractivity contribution in [1.29, 1.82) is 0 Å². The molecule has 0 unspecified atom stereocenters. The number of nitrogens with one attached hydrogen (secondary N) is 1. The largest absolute Gasteiger partial charge is 0.382 e. The Bertz CT molecular complexity index is 642. The average Bonchev–Trinajstić information content (AvgIpc) is 2.95. The van der Waals surface area contributed by atoms with Gasteiger partial charge in [0.2, 0.25) is 9.84 Å². The molecule has 0 aromatic heterocycles. The monoisotopic (exact) mass is 347 g/mol. The lowest BCUT2D eigenvalue weighted by Crippen LogP contribution is -2.44. The van der Waals surface area contributed by atoms with Crippen molar-refractivity contribution in [2.24, 2.45) is 0 Å². The molecule has 2 atom stereocenters. The number of hydrogen-bond acceptors (Lipinski definition) is 5. The zero-order valence-corrected chi connectivity index (χ0v) is 13.3. The van der Waals surface area contributed by atoms with Crippen LogP contribution in [0.5, 0.6) is 0 Å². The normalized spacial score (nSPS) is 28.4. The smallest absolute Gasteiger partial charge is 0.341 e. The van der Waals surface area contributed by atoms with Gasteiger partial charge in [0.15, 0.2) is 0 Å². The molecule has 0 radical (unpaired) electrons. The molecule has 23 heavy (non-hydrogen) atoms. The molecule has 5 nitrogen and oxygen atoms in total. The Kier molecular flexibility index (Phi) is 4.57. The Labute approximate surface area is 133 Å². The highest BCUT2D eigenvalue weighted by Gasteiger charge is 2.41. The molecule has 2 heterocycles. The van der Waals surface area contributed by atoms with Crippen molar-refractivity contribution in [3.8, 4) is 0 Å². The van der Waals surface area contributed by atoms with Gasteiger partial charge in [-0.25, -0.2) is 8.42 Å². The fourth-order valence-corrected chi connectivity index (χ4v) is 3.81. The van der Waals surface area contributed by atoms with Gasteiger partial charge in [0.25, 0.3) is 0 Å². The summed E-state index contributed by atoms with van der Waals surface area (Å²) in [5, 5.41) is 3.32. The number of rotatable bonds is 4. The molecule has 0 amide bonds. The highest BCUT2D eigenvalue weighted by molar-refractivity contribution is 7.91. The van der Waals surface area contributed by atoms with Crippen molar-refractivity contribution in [2.75, 3.05) is 25.1 Å². The van der Waals surface area contributed by atoms with E-state index in [-0.39, 0.29) is 16.5 Å². The molecule has 8 heteroatoms. The van der Waals surface area contributed by atoms with Crippen molar-refractivity contribution in [1.82, 2.24) is 0 Å². The molecule has 2 saturated heterocycles. The second-order valence-electron chi connectivity index (χ2n) is 6.00. The second kappa shape index (κ2) is 6.33. The first-order valence-corrected chi connectivity index (χ1v) is 9.06. The highest BCUT2D eigenvalue weighted by Crippen LogP contribution is 2.34. The van der Waals surface area contributed by atoms with Gasteiger partial charge in [-0.1, -0.05) is 0 Å². The lowest BCUT2D eigenvalue weighted by atomic mass is 9.89. The van der Waals surface area contributed by atoms with Crippen LogP contribution in [0.1, 0.15) is 19.3 Å². The van der Waals surface area contributed by atoms with Crippen LogP contribution in [0.4, 0.5) is 14.5 Å². The summed E-state index contributed by atoms with van der Waals surface area (Å²) in [6.45, 7) is 1.93. The van der Waals surface area contributed by atoms with E-state index < -0.39 is 15.6 Å². The predicted octanol–water partition coefficient (Wildman–Crippen LogP) is 2.43. The minimum atomic E-state index is -4.54. The summed E-state index contributed by atoms with van der Waals surface area (Å²) >= 11 is 0. The molecule has 1 N–H and O–H groups in total. The Morgan fingerprint density at radius 2 is 1.96 bits per heavy atom. The van der Waals surface area contributed by atoms with E-state index in [0.29, 0.717) is 25.5 Å². The molecule has 0 bridgehead atoms. The van der Waals surface area contributed by atoms with Gasteiger partial charge in [-0.15, -0.1) is 0 Å². The number of benzene rings is 1. The van der Waals surface area contributed by atoms with Gasteiger partial charge in [0.05, 0.1) is 17.1 Å². The van der Waals surface area contributed by atoms with Gasteiger partial charge >= 0.3 is 5.76 Å². The highest BCUT2D eigenvalue weighted by atomic mass is 32.2. The maximum Gasteiger partial charge on any atom is 0.341 e. The average molecular weight is 347 g/mol. The van der Waals surface area contributed by atoms with Gasteiger partial charge in [-0.2, -0.15) is 8.78 Å². The van der Waals surface area contributed by atoms with Crippen molar-refractivity contribution in [3.05, 3.63) is 24.3 Å². The SMILES string of the molecule is O=S(=O)(c1ccc(N[C@H]2CCO[C@]3(CCOC3)C2)cc1)C(F)F. The fourth-order valence-electron chi connectivity index (χ4n) is 3.09. The van der Waals surface area contributed by atoms with Gasteiger partial charge in [0, 0.05) is 31.4 Å². The number of hydrogen-bond donors (Lipinski definition) is 1. The van der Waals surface area contributed by atoms with E-state index >= 15 is 0 Å². The fraction of sp³-hybridized carbons (Fsp3) is 0.600. The molecule has 3 rings (SSSR count). The maximum absolute atomic E-state index is 12.5. The lowest BCUT2D eigenvalue weighted by Gasteiger charge is -2.37. The number of ether oxygens (including phenoxy) is 2. The van der Waals surface area contributed by atoms with E-state index in [4.69, 9.17) is 9.47 Å². The van der Waals surface area contributed by atoms with E-state index in [2.05, 4.69) is 5.32 Å². The molecule has 0 aliphatic carbocycles.